The van der Waals surface area contributed by atoms with Gasteiger partial charge in [-0.25, -0.2) is 15.4 Å². The zero-order chi connectivity index (χ0) is 21.3. The number of nitrogens with zero attached hydrogens (tertiary/aromatic N) is 3. The number of benzene rings is 3. The number of hydrogen-bond donors (Lipinski definition) is 1. The van der Waals surface area contributed by atoms with E-state index in [2.05, 4.69) is 50.8 Å². The summed E-state index contributed by atoms with van der Waals surface area (Å²) in [7, 11) is 0. The van der Waals surface area contributed by atoms with Gasteiger partial charge in [-0.05, 0) is 58.3 Å². The van der Waals surface area contributed by atoms with E-state index in [0.29, 0.717) is 11.8 Å². The third-order valence-electron chi connectivity index (χ3n) is 4.38. The Balaban J connectivity index is 1.24. The molecular weight excluding hydrogens is 408 g/mol. The summed E-state index contributed by atoms with van der Waals surface area (Å²) >= 11 is 1.26. The first-order chi connectivity index (χ1) is 15.3. The van der Waals surface area contributed by atoms with Gasteiger partial charge in [-0.1, -0.05) is 48.2 Å². The number of carbonyl (C=O) groups excluding carboxylic acids is 1. The molecule has 6 nitrogen and oxygen atoms in total. The molecule has 0 unspecified atom stereocenters. The van der Waals surface area contributed by atoms with Crippen LogP contribution in [0.25, 0.3) is 10.8 Å². The van der Waals surface area contributed by atoms with Crippen LogP contribution in [0.2, 0.25) is 0 Å². The monoisotopic (exact) mass is 428 g/mol. The molecule has 1 amide bonds. The standard InChI is InChI=1S/C24H20N4O2S/c29-23(17-31-24-25-12-3-13-26-24)28-27-15-18-7-10-22(11-8-18)30-16-19-6-9-20-4-1-2-5-21(20)14-19/h1-15H,16-17H2,(H,28,29). The zero-order valence-electron chi connectivity index (χ0n) is 16.6. The second-order valence-corrected chi connectivity index (χ2v) is 7.59. The van der Waals surface area contributed by atoms with Crippen molar-refractivity contribution >= 4 is 34.7 Å². The summed E-state index contributed by atoms with van der Waals surface area (Å²) < 4.78 is 5.88. The van der Waals surface area contributed by atoms with Crippen molar-refractivity contribution in [1.82, 2.24) is 15.4 Å². The molecule has 0 spiro atoms. The summed E-state index contributed by atoms with van der Waals surface area (Å²) in [5, 5.41) is 6.96. The number of amides is 1. The first kappa shape index (κ1) is 20.6. The molecule has 0 aliphatic rings. The van der Waals surface area contributed by atoms with E-state index in [4.69, 9.17) is 4.74 Å². The predicted molar refractivity (Wildman–Crippen MR) is 123 cm³/mol. The van der Waals surface area contributed by atoms with Crippen molar-refractivity contribution in [1.29, 1.82) is 0 Å². The van der Waals surface area contributed by atoms with Crippen LogP contribution in [0.4, 0.5) is 0 Å². The number of ether oxygens (including phenoxy) is 1. The van der Waals surface area contributed by atoms with Crippen LogP contribution in [-0.4, -0.2) is 27.8 Å². The van der Waals surface area contributed by atoms with Gasteiger partial charge in [0.2, 0.25) is 0 Å². The fraction of sp³-hybridized carbons (Fsp3) is 0.0833. The fourth-order valence-corrected chi connectivity index (χ4v) is 3.44. The Kier molecular flexibility index (Phi) is 6.87. The fourth-order valence-electron chi connectivity index (χ4n) is 2.85. The molecule has 0 aliphatic carbocycles. The van der Waals surface area contributed by atoms with Crippen molar-refractivity contribution in [2.45, 2.75) is 11.8 Å². The van der Waals surface area contributed by atoms with E-state index in [1.54, 1.807) is 24.7 Å². The van der Waals surface area contributed by atoms with Crippen LogP contribution in [0.15, 0.2) is 95.4 Å². The number of rotatable bonds is 8. The van der Waals surface area contributed by atoms with Gasteiger partial charge in [0.25, 0.3) is 5.91 Å². The van der Waals surface area contributed by atoms with Crippen LogP contribution < -0.4 is 10.2 Å². The van der Waals surface area contributed by atoms with Crippen molar-refractivity contribution in [2.24, 2.45) is 5.10 Å². The Hall–Kier alpha value is -3.71. The topological polar surface area (TPSA) is 76.5 Å². The molecule has 0 saturated heterocycles. The van der Waals surface area contributed by atoms with Crippen LogP contribution in [0.5, 0.6) is 5.75 Å². The van der Waals surface area contributed by atoms with Crippen LogP contribution in [-0.2, 0) is 11.4 Å². The molecule has 0 fully saturated rings. The first-order valence-corrected chi connectivity index (χ1v) is 10.7. The molecule has 4 aromatic rings. The Morgan fingerprint density at radius 2 is 1.74 bits per heavy atom. The maximum atomic E-state index is 11.8. The number of fused-ring (bicyclic) bond motifs is 1. The molecule has 0 atom stereocenters. The predicted octanol–water partition coefficient (Wildman–Crippen LogP) is 4.45. The largest absolute Gasteiger partial charge is 0.489 e. The molecule has 31 heavy (non-hydrogen) atoms. The van der Waals surface area contributed by atoms with Gasteiger partial charge in [-0.15, -0.1) is 0 Å². The Bertz CT molecular complexity index is 1180. The maximum Gasteiger partial charge on any atom is 0.250 e. The first-order valence-electron chi connectivity index (χ1n) is 9.68. The van der Waals surface area contributed by atoms with E-state index < -0.39 is 0 Å². The van der Waals surface area contributed by atoms with Gasteiger partial charge in [-0.3, -0.25) is 4.79 Å². The number of hydrogen-bond acceptors (Lipinski definition) is 6. The van der Waals surface area contributed by atoms with Gasteiger partial charge >= 0.3 is 0 Å². The van der Waals surface area contributed by atoms with Crippen molar-refractivity contribution in [3.05, 3.63) is 96.3 Å². The number of nitrogens with one attached hydrogen (secondary N) is 1. The summed E-state index contributed by atoms with van der Waals surface area (Å²) in [6.45, 7) is 0.497. The molecule has 1 heterocycles. The van der Waals surface area contributed by atoms with Crippen LogP contribution in [0.1, 0.15) is 11.1 Å². The van der Waals surface area contributed by atoms with Gasteiger partial charge < -0.3 is 4.74 Å². The normalized spacial score (nSPS) is 11.0. The quantitative estimate of drug-likeness (QED) is 0.194. The Labute approximate surface area is 184 Å². The zero-order valence-corrected chi connectivity index (χ0v) is 17.5. The third kappa shape index (κ3) is 6.13. The van der Waals surface area contributed by atoms with E-state index in [1.807, 2.05) is 36.4 Å². The smallest absolute Gasteiger partial charge is 0.250 e. The molecule has 7 heteroatoms. The SMILES string of the molecule is O=C(CSc1ncccn1)NN=Cc1ccc(OCc2ccc3ccccc3c2)cc1. The third-order valence-corrected chi connectivity index (χ3v) is 5.25. The van der Waals surface area contributed by atoms with Crippen LogP contribution in [0, 0.1) is 0 Å². The molecule has 3 aromatic carbocycles. The van der Waals surface area contributed by atoms with Gasteiger partial charge in [0, 0.05) is 12.4 Å². The van der Waals surface area contributed by atoms with E-state index in [-0.39, 0.29) is 11.7 Å². The van der Waals surface area contributed by atoms with E-state index >= 15 is 0 Å². The average Bonchev–Trinajstić information content (AvgIpc) is 2.83. The molecular formula is C24H20N4O2S. The summed E-state index contributed by atoms with van der Waals surface area (Å²) in [4.78, 5) is 20.0. The second kappa shape index (κ2) is 10.4. The molecule has 1 N–H and O–H groups in total. The van der Waals surface area contributed by atoms with Crippen molar-refractivity contribution in [3.8, 4) is 5.75 Å². The molecule has 0 bridgehead atoms. The van der Waals surface area contributed by atoms with Crippen molar-refractivity contribution < 1.29 is 9.53 Å². The lowest BCUT2D eigenvalue weighted by Gasteiger charge is -2.07. The van der Waals surface area contributed by atoms with Gasteiger partial charge in [-0.2, -0.15) is 5.10 Å². The number of thioether (sulfide) groups is 1. The molecule has 0 radical (unpaired) electrons. The van der Waals surface area contributed by atoms with Gasteiger partial charge in [0.15, 0.2) is 5.16 Å². The molecule has 1 aromatic heterocycles. The summed E-state index contributed by atoms with van der Waals surface area (Å²) in [5.74, 6) is 0.751. The van der Waals surface area contributed by atoms with Crippen LogP contribution in [0.3, 0.4) is 0 Å². The Morgan fingerprint density at radius 1 is 0.968 bits per heavy atom. The summed E-state index contributed by atoms with van der Waals surface area (Å²) in [6, 6.07) is 23.9. The highest BCUT2D eigenvalue weighted by atomic mass is 32.2. The molecule has 0 saturated carbocycles. The van der Waals surface area contributed by atoms with Gasteiger partial charge in [0.1, 0.15) is 12.4 Å². The van der Waals surface area contributed by atoms with E-state index in [9.17, 15) is 4.79 Å². The number of hydrazone groups is 1. The van der Waals surface area contributed by atoms with Gasteiger partial charge in [0.05, 0.1) is 12.0 Å². The maximum absolute atomic E-state index is 11.8. The number of carbonyl (C=O) groups is 1. The number of aromatic nitrogens is 2. The molecule has 0 aliphatic heterocycles. The van der Waals surface area contributed by atoms with E-state index in [1.165, 1.54) is 22.5 Å². The minimum Gasteiger partial charge on any atom is -0.489 e. The highest BCUT2D eigenvalue weighted by Gasteiger charge is 2.03. The van der Waals surface area contributed by atoms with E-state index in [0.717, 1.165) is 16.9 Å². The summed E-state index contributed by atoms with van der Waals surface area (Å²) in [5.41, 5.74) is 4.48. The lowest BCUT2D eigenvalue weighted by Crippen LogP contribution is -2.19. The minimum absolute atomic E-state index is 0.197. The minimum atomic E-state index is -0.218. The Morgan fingerprint density at radius 3 is 2.55 bits per heavy atom. The van der Waals surface area contributed by atoms with Crippen molar-refractivity contribution in [3.63, 3.8) is 0 Å². The van der Waals surface area contributed by atoms with Crippen LogP contribution >= 0.6 is 11.8 Å². The highest BCUT2D eigenvalue weighted by molar-refractivity contribution is 7.99. The lowest BCUT2D eigenvalue weighted by atomic mass is 10.1. The lowest BCUT2D eigenvalue weighted by molar-refractivity contribution is -0.118. The molecule has 4 rings (SSSR count). The molecule has 154 valence electrons. The average molecular weight is 429 g/mol. The summed E-state index contributed by atoms with van der Waals surface area (Å²) in [6.07, 6.45) is 4.87. The van der Waals surface area contributed by atoms with Crippen molar-refractivity contribution in [2.75, 3.05) is 5.75 Å². The highest BCUT2D eigenvalue weighted by Crippen LogP contribution is 2.18. The second-order valence-electron chi connectivity index (χ2n) is 6.65.